The van der Waals surface area contributed by atoms with Crippen molar-refractivity contribution in [3.63, 3.8) is 0 Å². The normalized spacial score (nSPS) is 17.2. The minimum absolute atomic E-state index is 0.0814. The van der Waals surface area contributed by atoms with Crippen molar-refractivity contribution in [2.24, 2.45) is 0 Å². The van der Waals surface area contributed by atoms with Gasteiger partial charge in [0, 0.05) is 18.8 Å². The first-order chi connectivity index (χ1) is 12.1. The number of piperidine rings is 1. The van der Waals surface area contributed by atoms with Crippen LogP contribution in [0, 0.1) is 6.92 Å². The second kappa shape index (κ2) is 7.42. The van der Waals surface area contributed by atoms with Crippen LogP contribution in [0.1, 0.15) is 28.8 Å². The molecule has 1 N–H and O–H groups in total. The van der Waals surface area contributed by atoms with Crippen molar-refractivity contribution in [2.75, 3.05) is 20.2 Å². The summed E-state index contributed by atoms with van der Waals surface area (Å²) in [6.45, 7) is 2.97. The highest BCUT2D eigenvalue weighted by Crippen LogP contribution is 2.29. The van der Waals surface area contributed by atoms with Crippen molar-refractivity contribution in [1.29, 1.82) is 0 Å². The van der Waals surface area contributed by atoms with Gasteiger partial charge in [-0.2, -0.15) is 0 Å². The van der Waals surface area contributed by atoms with Crippen LogP contribution < -0.4 is 15.0 Å². The molecule has 2 aromatic rings. The summed E-state index contributed by atoms with van der Waals surface area (Å²) in [5.74, 6) is 1.29. The van der Waals surface area contributed by atoms with Crippen molar-refractivity contribution >= 4 is 5.91 Å². The highest BCUT2D eigenvalue weighted by atomic mass is 16.5. The largest absolute Gasteiger partial charge is 0.493 e. The van der Waals surface area contributed by atoms with Crippen molar-refractivity contribution in [3.8, 4) is 11.5 Å². The van der Waals surface area contributed by atoms with Gasteiger partial charge in [0.15, 0.2) is 11.5 Å². The number of benzene rings is 1. The number of aromatic amines is 1. The molecule has 3 rings (SSSR count). The van der Waals surface area contributed by atoms with Gasteiger partial charge in [-0.3, -0.25) is 9.59 Å². The number of likely N-dealkylation sites (tertiary alicyclic amines) is 1. The van der Waals surface area contributed by atoms with Crippen LogP contribution >= 0.6 is 0 Å². The number of aromatic nitrogens is 1. The average Bonchev–Trinajstić information content (AvgIpc) is 2.62. The molecule has 25 heavy (non-hydrogen) atoms. The van der Waals surface area contributed by atoms with E-state index in [2.05, 4.69) is 4.98 Å². The number of nitrogens with one attached hydrogen (secondary N) is 1. The summed E-state index contributed by atoms with van der Waals surface area (Å²) in [7, 11) is 1.61. The zero-order chi connectivity index (χ0) is 17.8. The molecule has 1 aliphatic rings. The van der Waals surface area contributed by atoms with Gasteiger partial charge >= 0.3 is 0 Å². The summed E-state index contributed by atoms with van der Waals surface area (Å²) < 4.78 is 11.4. The molecule has 1 saturated heterocycles. The van der Waals surface area contributed by atoms with E-state index < -0.39 is 0 Å². The van der Waals surface area contributed by atoms with Gasteiger partial charge in [0.05, 0.1) is 19.2 Å². The zero-order valence-electron chi connectivity index (χ0n) is 14.5. The summed E-state index contributed by atoms with van der Waals surface area (Å²) in [5.41, 5.74) is 1.00. The molecule has 1 unspecified atom stereocenters. The fourth-order valence-electron chi connectivity index (χ4n) is 3.09. The topological polar surface area (TPSA) is 71.6 Å². The maximum Gasteiger partial charge on any atom is 0.255 e. The van der Waals surface area contributed by atoms with E-state index in [1.807, 2.05) is 24.3 Å². The lowest BCUT2D eigenvalue weighted by molar-refractivity contribution is 0.0531. The average molecular weight is 342 g/mol. The summed E-state index contributed by atoms with van der Waals surface area (Å²) in [4.78, 5) is 28.5. The minimum Gasteiger partial charge on any atom is -0.493 e. The number of nitrogens with zero attached hydrogens (tertiary/aromatic N) is 1. The Hall–Kier alpha value is -2.76. The number of hydrogen-bond acceptors (Lipinski definition) is 4. The number of ether oxygens (including phenoxy) is 2. The predicted molar refractivity (Wildman–Crippen MR) is 94.3 cm³/mol. The van der Waals surface area contributed by atoms with Gasteiger partial charge in [0.1, 0.15) is 6.10 Å². The maximum atomic E-state index is 12.8. The molecule has 1 atom stereocenters. The van der Waals surface area contributed by atoms with E-state index in [-0.39, 0.29) is 17.6 Å². The predicted octanol–water partition coefficient (Wildman–Crippen LogP) is 2.38. The quantitative estimate of drug-likeness (QED) is 0.926. The molecular weight excluding hydrogens is 320 g/mol. The van der Waals surface area contributed by atoms with Crippen molar-refractivity contribution in [1.82, 2.24) is 9.88 Å². The molecule has 0 saturated carbocycles. The van der Waals surface area contributed by atoms with E-state index in [9.17, 15) is 9.59 Å². The summed E-state index contributed by atoms with van der Waals surface area (Å²) in [6, 6.07) is 8.95. The molecule has 0 aliphatic carbocycles. The third-order valence-electron chi connectivity index (χ3n) is 4.39. The Morgan fingerprint density at radius 1 is 1.28 bits per heavy atom. The third kappa shape index (κ3) is 3.84. The number of rotatable bonds is 4. The Labute approximate surface area is 146 Å². The number of aryl methyl sites for hydroxylation is 1. The third-order valence-corrected chi connectivity index (χ3v) is 4.39. The second-order valence-corrected chi connectivity index (χ2v) is 6.18. The van der Waals surface area contributed by atoms with Gasteiger partial charge in [-0.25, -0.2) is 0 Å². The molecule has 1 aliphatic heterocycles. The Bertz CT molecular complexity index is 815. The number of methoxy groups -OCH3 is 1. The fourth-order valence-corrected chi connectivity index (χ4v) is 3.09. The number of hydrogen-bond donors (Lipinski definition) is 1. The van der Waals surface area contributed by atoms with Crippen LogP contribution in [0.25, 0.3) is 0 Å². The number of H-pyrrole nitrogens is 1. The molecule has 6 nitrogen and oxygen atoms in total. The van der Waals surface area contributed by atoms with Crippen LogP contribution in [0.2, 0.25) is 0 Å². The van der Waals surface area contributed by atoms with Gasteiger partial charge in [0.25, 0.3) is 5.91 Å². The summed E-state index contributed by atoms with van der Waals surface area (Å²) >= 11 is 0. The van der Waals surface area contributed by atoms with Gasteiger partial charge in [-0.05, 0) is 37.5 Å². The molecule has 6 heteroatoms. The first-order valence-electron chi connectivity index (χ1n) is 8.37. The van der Waals surface area contributed by atoms with E-state index in [1.54, 1.807) is 18.9 Å². The van der Waals surface area contributed by atoms with Crippen LogP contribution in [0.4, 0.5) is 0 Å². The Balaban J connectivity index is 1.72. The van der Waals surface area contributed by atoms with Crippen LogP contribution in [-0.2, 0) is 0 Å². The lowest BCUT2D eigenvalue weighted by Crippen LogP contribution is -2.44. The van der Waals surface area contributed by atoms with Crippen LogP contribution in [-0.4, -0.2) is 42.1 Å². The number of para-hydroxylation sites is 2. The van der Waals surface area contributed by atoms with Gasteiger partial charge < -0.3 is 19.4 Å². The molecule has 132 valence electrons. The maximum absolute atomic E-state index is 12.8. The van der Waals surface area contributed by atoms with Crippen LogP contribution in [0.3, 0.4) is 0 Å². The number of pyridine rings is 1. The standard InChI is InChI=1S/C19H22N2O4/c1-13-10-18(22)20-11-15(13)19(23)21-9-5-6-14(12-21)25-17-8-4-3-7-16(17)24-2/h3-4,7-8,10-11,14H,5-6,9,12H2,1-2H3,(H,20,22). The second-order valence-electron chi connectivity index (χ2n) is 6.18. The van der Waals surface area contributed by atoms with E-state index in [0.717, 1.165) is 12.8 Å². The molecule has 1 fully saturated rings. The fraction of sp³-hybridized carbons (Fsp3) is 0.368. The SMILES string of the molecule is COc1ccccc1OC1CCCN(C(=O)c2c[nH]c(=O)cc2C)C1. The lowest BCUT2D eigenvalue weighted by Gasteiger charge is -2.33. The van der Waals surface area contributed by atoms with Crippen LogP contribution in [0.5, 0.6) is 11.5 Å². The van der Waals surface area contributed by atoms with Gasteiger partial charge in [0.2, 0.25) is 5.56 Å². The molecular formula is C19H22N2O4. The van der Waals surface area contributed by atoms with E-state index >= 15 is 0 Å². The number of carbonyl (C=O) groups is 1. The molecule has 0 radical (unpaired) electrons. The monoisotopic (exact) mass is 342 g/mol. The highest BCUT2D eigenvalue weighted by Gasteiger charge is 2.27. The molecule has 1 aromatic heterocycles. The molecule has 0 bridgehead atoms. The Morgan fingerprint density at radius 2 is 2.04 bits per heavy atom. The first kappa shape index (κ1) is 17.1. The number of carbonyl (C=O) groups excluding carboxylic acids is 1. The first-order valence-corrected chi connectivity index (χ1v) is 8.37. The van der Waals surface area contributed by atoms with Crippen molar-refractivity contribution < 1.29 is 14.3 Å². The van der Waals surface area contributed by atoms with Gasteiger partial charge in [-0.15, -0.1) is 0 Å². The smallest absolute Gasteiger partial charge is 0.255 e. The minimum atomic E-state index is -0.204. The van der Waals surface area contributed by atoms with Crippen LogP contribution in [0.15, 0.2) is 41.3 Å². The zero-order valence-corrected chi connectivity index (χ0v) is 14.5. The van der Waals surface area contributed by atoms with E-state index in [4.69, 9.17) is 9.47 Å². The Kier molecular flexibility index (Phi) is 5.07. The number of amides is 1. The molecule has 2 heterocycles. The highest BCUT2D eigenvalue weighted by molar-refractivity contribution is 5.95. The van der Waals surface area contributed by atoms with Crippen molar-refractivity contribution in [2.45, 2.75) is 25.9 Å². The molecule has 1 aromatic carbocycles. The van der Waals surface area contributed by atoms with Gasteiger partial charge in [-0.1, -0.05) is 12.1 Å². The Morgan fingerprint density at radius 3 is 2.76 bits per heavy atom. The molecule has 0 spiro atoms. The molecule has 1 amide bonds. The summed E-state index contributed by atoms with van der Waals surface area (Å²) in [6.07, 6.45) is 3.16. The lowest BCUT2D eigenvalue weighted by atomic mass is 10.1. The van der Waals surface area contributed by atoms with E-state index in [0.29, 0.717) is 35.7 Å². The summed E-state index contributed by atoms with van der Waals surface area (Å²) in [5, 5.41) is 0. The van der Waals surface area contributed by atoms with Crippen molar-refractivity contribution in [3.05, 3.63) is 58.0 Å². The van der Waals surface area contributed by atoms with E-state index in [1.165, 1.54) is 12.3 Å².